The normalized spacial score (nSPS) is 25.8. The summed E-state index contributed by atoms with van der Waals surface area (Å²) in [6.45, 7) is 5.16. The van der Waals surface area contributed by atoms with E-state index in [0.29, 0.717) is 17.9 Å². The highest BCUT2D eigenvalue weighted by Gasteiger charge is 2.48. The molecule has 2 N–H and O–H groups in total. The van der Waals surface area contributed by atoms with E-state index in [1.807, 2.05) is 0 Å². The summed E-state index contributed by atoms with van der Waals surface area (Å²) in [6, 6.07) is 0. The summed E-state index contributed by atoms with van der Waals surface area (Å²) in [7, 11) is 0. The predicted octanol–water partition coefficient (Wildman–Crippen LogP) is 2.12. The summed E-state index contributed by atoms with van der Waals surface area (Å²) in [5, 5.41) is 3.35. The minimum absolute atomic E-state index is 0.490. The SMILES string of the molecule is CC1(C)CC1c1nc(CN)cs1. The van der Waals surface area contributed by atoms with Gasteiger partial charge in [0.25, 0.3) is 0 Å². The van der Waals surface area contributed by atoms with Crippen LogP contribution in [0.5, 0.6) is 0 Å². The van der Waals surface area contributed by atoms with Gasteiger partial charge < -0.3 is 5.73 Å². The first-order chi connectivity index (χ1) is 5.63. The maximum Gasteiger partial charge on any atom is 0.0965 e. The van der Waals surface area contributed by atoms with Gasteiger partial charge in [0.1, 0.15) is 0 Å². The molecule has 1 atom stereocenters. The van der Waals surface area contributed by atoms with Crippen LogP contribution in [0.15, 0.2) is 5.38 Å². The van der Waals surface area contributed by atoms with Gasteiger partial charge in [0.05, 0.1) is 10.7 Å². The summed E-state index contributed by atoms with van der Waals surface area (Å²) in [5.41, 5.74) is 7.02. The summed E-state index contributed by atoms with van der Waals surface area (Å²) >= 11 is 1.76. The van der Waals surface area contributed by atoms with E-state index in [-0.39, 0.29) is 0 Å². The van der Waals surface area contributed by atoms with Gasteiger partial charge in [0, 0.05) is 17.8 Å². The standard InChI is InChI=1S/C9H14N2S/c1-9(2)3-7(9)8-11-6(4-10)5-12-8/h5,7H,3-4,10H2,1-2H3. The van der Waals surface area contributed by atoms with E-state index in [0.717, 1.165) is 5.69 Å². The minimum atomic E-state index is 0.490. The molecule has 1 aromatic rings. The quantitative estimate of drug-likeness (QED) is 0.761. The van der Waals surface area contributed by atoms with Crippen LogP contribution >= 0.6 is 11.3 Å². The molecule has 0 aliphatic heterocycles. The Morgan fingerprint density at radius 2 is 2.42 bits per heavy atom. The lowest BCUT2D eigenvalue weighted by Gasteiger charge is -1.97. The highest BCUT2D eigenvalue weighted by Crippen LogP contribution is 2.58. The van der Waals surface area contributed by atoms with Crippen molar-refractivity contribution < 1.29 is 0 Å². The first-order valence-corrected chi connectivity index (χ1v) is 5.16. The molecule has 1 heterocycles. The zero-order valence-corrected chi connectivity index (χ0v) is 8.32. The van der Waals surface area contributed by atoms with E-state index < -0.39 is 0 Å². The van der Waals surface area contributed by atoms with Crippen LogP contribution in [0.3, 0.4) is 0 Å². The minimum Gasteiger partial charge on any atom is -0.325 e. The van der Waals surface area contributed by atoms with Crippen molar-refractivity contribution in [1.82, 2.24) is 4.98 Å². The largest absolute Gasteiger partial charge is 0.325 e. The molecule has 1 aromatic heterocycles. The molecule has 2 nitrogen and oxygen atoms in total. The molecule has 1 fully saturated rings. The molecule has 0 radical (unpaired) electrons. The fourth-order valence-corrected chi connectivity index (χ4v) is 2.61. The third-order valence-corrected chi connectivity index (χ3v) is 3.60. The van der Waals surface area contributed by atoms with Crippen LogP contribution in [0.1, 0.15) is 36.9 Å². The predicted molar refractivity (Wildman–Crippen MR) is 51.1 cm³/mol. The zero-order chi connectivity index (χ0) is 8.77. The number of nitrogens with zero attached hydrogens (tertiary/aromatic N) is 1. The summed E-state index contributed by atoms with van der Waals surface area (Å²) in [5.74, 6) is 0.697. The highest BCUT2D eigenvalue weighted by molar-refractivity contribution is 7.09. The first kappa shape index (κ1) is 8.20. The molecule has 2 rings (SSSR count). The molecule has 0 aromatic carbocycles. The first-order valence-electron chi connectivity index (χ1n) is 4.28. The van der Waals surface area contributed by atoms with E-state index in [1.165, 1.54) is 11.4 Å². The summed E-state index contributed by atoms with van der Waals surface area (Å²) in [6.07, 6.45) is 1.28. The Hall–Kier alpha value is -0.410. The van der Waals surface area contributed by atoms with Crippen molar-refractivity contribution in [2.45, 2.75) is 32.7 Å². The smallest absolute Gasteiger partial charge is 0.0965 e. The van der Waals surface area contributed by atoms with Crippen LogP contribution in [-0.2, 0) is 6.54 Å². The molecular weight excluding hydrogens is 168 g/mol. The van der Waals surface area contributed by atoms with E-state index in [9.17, 15) is 0 Å². The molecule has 0 spiro atoms. The Labute approximate surface area is 76.8 Å². The van der Waals surface area contributed by atoms with Crippen LogP contribution in [0.4, 0.5) is 0 Å². The van der Waals surface area contributed by atoms with Gasteiger partial charge in [-0.2, -0.15) is 0 Å². The van der Waals surface area contributed by atoms with Gasteiger partial charge in [-0.25, -0.2) is 4.98 Å². The third kappa shape index (κ3) is 1.27. The van der Waals surface area contributed by atoms with Gasteiger partial charge in [0.2, 0.25) is 0 Å². The molecular formula is C9H14N2S. The highest BCUT2D eigenvalue weighted by atomic mass is 32.1. The van der Waals surface area contributed by atoms with Gasteiger partial charge in [-0.3, -0.25) is 0 Å². The van der Waals surface area contributed by atoms with Crippen molar-refractivity contribution in [2.75, 3.05) is 0 Å². The van der Waals surface area contributed by atoms with Crippen molar-refractivity contribution >= 4 is 11.3 Å². The molecule has 0 bridgehead atoms. The number of nitrogens with two attached hydrogens (primary N) is 1. The van der Waals surface area contributed by atoms with Crippen LogP contribution < -0.4 is 5.73 Å². The Kier molecular flexibility index (Phi) is 1.73. The second-order valence-electron chi connectivity index (χ2n) is 4.13. The maximum atomic E-state index is 5.50. The Balaban J connectivity index is 2.15. The molecule has 1 aliphatic carbocycles. The van der Waals surface area contributed by atoms with Gasteiger partial charge in [0.15, 0.2) is 0 Å². The maximum absolute atomic E-state index is 5.50. The van der Waals surface area contributed by atoms with E-state index in [2.05, 4.69) is 24.2 Å². The molecule has 3 heteroatoms. The lowest BCUT2D eigenvalue weighted by Crippen LogP contribution is -1.97. The molecule has 66 valence electrons. The number of aromatic nitrogens is 1. The number of thiazole rings is 1. The number of hydrogen-bond acceptors (Lipinski definition) is 3. The van der Waals surface area contributed by atoms with Gasteiger partial charge >= 0.3 is 0 Å². The molecule has 1 saturated carbocycles. The lowest BCUT2D eigenvalue weighted by atomic mass is 10.1. The van der Waals surface area contributed by atoms with Crippen LogP contribution in [0, 0.1) is 5.41 Å². The van der Waals surface area contributed by atoms with Gasteiger partial charge in [-0.15, -0.1) is 11.3 Å². The topological polar surface area (TPSA) is 38.9 Å². The fraction of sp³-hybridized carbons (Fsp3) is 0.667. The van der Waals surface area contributed by atoms with Gasteiger partial charge in [-0.05, 0) is 11.8 Å². The Morgan fingerprint density at radius 1 is 1.75 bits per heavy atom. The van der Waals surface area contributed by atoms with Crippen molar-refractivity contribution in [2.24, 2.45) is 11.1 Å². The number of rotatable bonds is 2. The van der Waals surface area contributed by atoms with Crippen molar-refractivity contribution in [3.05, 3.63) is 16.1 Å². The van der Waals surface area contributed by atoms with Crippen LogP contribution in [-0.4, -0.2) is 4.98 Å². The Morgan fingerprint density at radius 3 is 2.83 bits per heavy atom. The summed E-state index contributed by atoms with van der Waals surface area (Å²) in [4.78, 5) is 4.48. The average Bonchev–Trinajstić information content (AvgIpc) is 2.52. The van der Waals surface area contributed by atoms with Crippen molar-refractivity contribution in [3.8, 4) is 0 Å². The lowest BCUT2D eigenvalue weighted by molar-refractivity contribution is 0.620. The van der Waals surface area contributed by atoms with Crippen LogP contribution in [0.2, 0.25) is 0 Å². The van der Waals surface area contributed by atoms with Crippen molar-refractivity contribution in [1.29, 1.82) is 0 Å². The zero-order valence-electron chi connectivity index (χ0n) is 7.50. The van der Waals surface area contributed by atoms with E-state index in [1.54, 1.807) is 11.3 Å². The summed E-state index contributed by atoms with van der Waals surface area (Å²) < 4.78 is 0. The molecule has 1 aliphatic rings. The monoisotopic (exact) mass is 182 g/mol. The second kappa shape index (κ2) is 2.54. The Bertz CT molecular complexity index is 290. The molecule has 12 heavy (non-hydrogen) atoms. The fourth-order valence-electron chi connectivity index (χ4n) is 1.47. The van der Waals surface area contributed by atoms with Gasteiger partial charge in [-0.1, -0.05) is 13.8 Å². The van der Waals surface area contributed by atoms with Crippen molar-refractivity contribution in [3.63, 3.8) is 0 Å². The van der Waals surface area contributed by atoms with E-state index >= 15 is 0 Å². The molecule has 1 unspecified atom stereocenters. The van der Waals surface area contributed by atoms with E-state index in [4.69, 9.17) is 5.73 Å². The third-order valence-electron chi connectivity index (χ3n) is 2.59. The molecule has 0 amide bonds. The van der Waals surface area contributed by atoms with Crippen LogP contribution in [0.25, 0.3) is 0 Å². The second-order valence-corrected chi connectivity index (χ2v) is 5.02. The number of hydrogen-bond donors (Lipinski definition) is 1. The average molecular weight is 182 g/mol. The molecule has 0 saturated heterocycles.